The number of benzene rings is 2. The zero-order valence-corrected chi connectivity index (χ0v) is 21.2. The van der Waals surface area contributed by atoms with E-state index in [4.69, 9.17) is 4.74 Å². The third-order valence-corrected chi connectivity index (χ3v) is 7.53. The summed E-state index contributed by atoms with van der Waals surface area (Å²) in [6.07, 6.45) is 1.23. The van der Waals surface area contributed by atoms with Gasteiger partial charge in [-0.1, -0.05) is 36.4 Å². The van der Waals surface area contributed by atoms with Crippen molar-refractivity contribution in [3.8, 4) is 0 Å². The minimum absolute atomic E-state index is 0.0245. The van der Waals surface area contributed by atoms with Gasteiger partial charge in [0.25, 0.3) is 5.91 Å². The molecule has 190 valence electrons. The van der Waals surface area contributed by atoms with Gasteiger partial charge in [0.05, 0.1) is 23.5 Å². The van der Waals surface area contributed by atoms with Crippen molar-refractivity contribution in [2.45, 2.75) is 64.6 Å². The molecule has 3 aliphatic heterocycles. The number of hydrogen-bond acceptors (Lipinski definition) is 5. The maximum Gasteiger partial charge on any atom is 0.258 e. The van der Waals surface area contributed by atoms with E-state index in [1.165, 1.54) is 5.56 Å². The minimum atomic E-state index is -0.846. The average molecular weight is 491 g/mol. The lowest BCUT2D eigenvalue weighted by Gasteiger charge is -2.48. The highest BCUT2D eigenvalue weighted by atomic mass is 16.5. The van der Waals surface area contributed by atoms with Gasteiger partial charge in [-0.05, 0) is 50.5 Å². The number of carbonyl (C=O) groups is 3. The Kier molecular flexibility index (Phi) is 6.57. The summed E-state index contributed by atoms with van der Waals surface area (Å²) in [5.41, 5.74) is 2.46. The Morgan fingerprint density at radius 3 is 2.44 bits per heavy atom. The molecule has 8 heteroatoms. The second-order valence-corrected chi connectivity index (χ2v) is 10.4. The normalized spacial score (nSPS) is 26.1. The average Bonchev–Trinajstić information content (AvgIpc) is 3.15. The molecule has 1 N–H and O–H groups in total. The van der Waals surface area contributed by atoms with Gasteiger partial charge < -0.3 is 15.0 Å². The van der Waals surface area contributed by atoms with E-state index in [0.717, 1.165) is 25.2 Å². The quantitative estimate of drug-likeness (QED) is 0.674. The van der Waals surface area contributed by atoms with Crippen LogP contribution in [0.2, 0.25) is 0 Å². The van der Waals surface area contributed by atoms with Crippen LogP contribution in [-0.2, 0) is 27.4 Å². The lowest BCUT2D eigenvalue weighted by Crippen LogP contribution is -2.63. The molecule has 0 bridgehead atoms. The van der Waals surface area contributed by atoms with Gasteiger partial charge in [-0.2, -0.15) is 0 Å². The predicted molar refractivity (Wildman–Crippen MR) is 136 cm³/mol. The molecule has 2 aromatic rings. The van der Waals surface area contributed by atoms with Crippen LogP contribution in [0.5, 0.6) is 0 Å². The zero-order valence-electron chi connectivity index (χ0n) is 21.2. The van der Waals surface area contributed by atoms with Crippen LogP contribution in [0.1, 0.15) is 55.1 Å². The van der Waals surface area contributed by atoms with Gasteiger partial charge in [-0.15, -0.1) is 0 Å². The Bertz CT molecular complexity index is 1170. The van der Waals surface area contributed by atoms with E-state index in [0.29, 0.717) is 30.6 Å². The number of para-hydroxylation sites is 1. The molecule has 3 atom stereocenters. The van der Waals surface area contributed by atoms with Crippen molar-refractivity contribution in [1.82, 2.24) is 15.1 Å². The van der Waals surface area contributed by atoms with E-state index in [1.54, 1.807) is 28.0 Å². The number of morpholine rings is 1. The molecule has 36 heavy (non-hydrogen) atoms. The molecule has 0 aromatic heterocycles. The molecule has 3 unspecified atom stereocenters. The molecule has 5 rings (SSSR count). The molecule has 0 saturated carbocycles. The molecule has 3 aliphatic rings. The smallest absolute Gasteiger partial charge is 0.258 e. The van der Waals surface area contributed by atoms with Crippen LogP contribution in [0.3, 0.4) is 0 Å². The van der Waals surface area contributed by atoms with Crippen LogP contribution in [0.15, 0.2) is 48.5 Å². The summed E-state index contributed by atoms with van der Waals surface area (Å²) in [5.74, 6) is -0.486. The molecule has 0 spiro atoms. The Balaban J connectivity index is 1.28. The fourth-order valence-electron chi connectivity index (χ4n) is 5.87. The Morgan fingerprint density at radius 2 is 1.69 bits per heavy atom. The fourth-order valence-corrected chi connectivity index (χ4v) is 5.87. The summed E-state index contributed by atoms with van der Waals surface area (Å²) >= 11 is 0. The lowest BCUT2D eigenvalue weighted by molar-refractivity contribution is -0.124. The van der Waals surface area contributed by atoms with E-state index >= 15 is 0 Å². The summed E-state index contributed by atoms with van der Waals surface area (Å²) < 4.78 is 5.86. The van der Waals surface area contributed by atoms with Crippen molar-refractivity contribution >= 4 is 23.4 Å². The number of carbonyl (C=O) groups excluding carboxylic acids is 3. The second kappa shape index (κ2) is 9.67. The summed E-state index contributed by atoms with van der Waals surface area (Å²) in [4.78, 5) is 44.9. The first-order valence-corrected chi connectivity index (χ1v) is 12.7. The van der Waals surface area contributed by atoms with Gasteiger partial charge in [0, 0.05) is 32.6 Å². The van der Waals surface area contributed by atoms with Gasteiger partial charge in [0.1, 0.15) is 12.2 Å². The van der Waals surface area contributed by atoms with Crippen LogP contribution < -0.4 is 10.2 Å². The zero-order chi connectivity index (χ0) is 25.4. The summed E-state index contributed by atoms with van der Waals surface area (Å²) in [5, 5.41) is 3.01. The van der Waals surface area contributed by atoms with Crippen LogP contribution in [0.4, 0.5) is 5.69 Å². The van der Waals surface area contributed by atoms with E-state index in [1.807, 2.05) is 31.2 Å². The highest BCUT2D eigenvalue weighted by Crippen LogP contribution is 2.43. The van der Waals surface area contributed by atoms with Gasteiger partial charge >= 0.3 is 0 Å². The molecule has 3 heterocycles. The van der Waals surface area contributed by atoms with Gasteiger partial charge in [0.2, 0.25) is 11.8 Å². The predicted octanol–water partition coefficient (Wildman–Crippen LogP) is 2.91. The third-order valence-electron chi connectivity index (χ3n) is 7.53. The number of ether oxygens (including phenoxy) is 1. The van der Waals surface area contributed by atoms with Gasteiger partial charge in [-0.3, -0.25) is 24.2 Å². The lowest BCUT2D eigenvalue weighted by atomic mass is 9.98. The molecular formula is C28H34N4O4. The summed E-state index contributed by atoms with van der Waals surface area (Å²) in [6.45, 7) is 8.87. The van der Waals surface area contributed by atoms with Crippen LogP contribution in [0.25, 0.3) is 0 Å². The number of amides is 3. The summed E-state index contributed by atoms with van der Waals surface area (Å²) in [6, 6.07) is 15.3. The Hall–Kier alpha value is -3.23. The fraction of sp³-hybridized carbons (Fsp3) is 0.464. The number of nitrogens with zero attached hydrogens (tertiary/aromatic N) is 3. The third kappa shape index (κ3) is 4.51. The largest absolute Gasteiger partial charge is 0.373 e. The van der Waals surface area contributed by atoms with E-state index < -0.39 is 5.66 Å². The number of hydrogen-bond donors (Lipinski definition) is 1. The first kappa shape index (κ1) is 24.5. The first-order chi connectivity index (χ1) is 17.3. The number of anilines is 1. The monoisotopic (exact) mass is 490 g/mol. The first-order valence-electron chi connectivity index (χ1n) is 12.7. The minimum Gasteiger partial charge on any atom is -0.373 e. The number of rotatable bonds is 6. The van der Waals surface area contributed by atoms with Crippen molar-refractivity contribution < 1.29 is 19.1 Å². The van der Waals surface area contributed by atoms with E-state index in [2.05, 4.69) is 30.1 Å². The van der Waals surface area contributed by atoms with Gasteiger partial charge in [-0.25, -0.2) is 0 Å². The highest BCUT2D eigenvalue weighted by molar-refractivity contribution is 6.11. The molecule has 2 saturated heterocycles. The molecule has 2 fully saturated rings. The number of fused-ring (bicyclic) bond motifs is 3. The van der Waals surface area contributed by atoms with E-state index in [9.17, 15) is 14.4 Å². The van der Waals surface area contributed by atoms with E-state index in [-0.39, 0.29) is 36.5 Å². The molecule has 3 amide bonds. The van der Waals surface area contributed by atoms with Crippen molar-refractivity contribution in [3.63, 3.8) is 0 Å². The van der Waals surface area contributed by atoms with Crippen LogP contribution in [-0.4, -0.2) is 65.0 Å². The SMILES string of the molecule is CC1CN(Cc2ccccc2CNC(=O)CN2C(=O)c3ccccc3N3C(=O)CCC23C)CC(C)O1. The topological polar surface area (TPSA) is 82.2 Å². The molecule has 0 aliphatic carbocycles. The van der Waals surface area contributed by atoms with Crippen molar-refractivity contribution in [2.75, 3.05) is 24.5 Å². The standard InChI is InChI=1S/C28H34N4O4/c1-19-15-30(16-20(2)36-19)17-22-9-5-4-8-21(22)14-29-25(33)18-31-27(35)23-10-6-7-11-24(23)32-26(34)12-13-28(31,32)3/h4-11,19-20H,12-18H2,1-3H3,(H,29,33). The van der Waals surface area contributed by atoms with Crippen molar-refractivity contribution in [1.29, 1.82) is 0 Å². The maximum absolute atomic E-state index is 13.4. The van der Waals surface area contributed by atoms with Crippen molar-refractivity contribution in [3.05, 3.63) is 65.2 Å². The molecule has 2 aromatic carbocycles. The van der Waals surface area contributed by atoms with Crippen LogP contribution in [0, 0.1) is 0 Å². The number of nitrogens with one attached hydrogen (secondary N) is 1. The maximum atomic E-state index is 13.4. The molecular weight excluding hydrogens is 456 g/mol. The Morgan fingerprint density at radius 1 is 1.03 bits per heavy atom. The highest BCUT2D eigenvalue weighted by Gasteiger charge is 2.53. The molecule has 0 radical (unpaired) electrons. The molecule has 8 nitrogen and oxygen atoms in total. The Labute approximate surface area is 212 Å². The van der Waals surface area contributed by atoms with Crippen LogP contribution >= 0.6 is 0 Å². The summed E-state index contributed by atoms with van der Waals surface area (Å²) in [7, 11) is 0. The van der Waals surface area contributed by atoms with Gasteiger partial charge in [0.15, 0.2) is 0 Å². The van der Waals surface area contributed by atoms with Crippen molar-refractivity contribution in [2.24, 2.45) is 0 Å². The second-order valence-electron chi connectivity index (χ2n) is 10.4.